The van der Waals surface area contributed by atoms with E-state index >= 15 is 0 Å². The number of nitrogens with one attached hydrogen (secondary N) is 1. The summed E-state index contributed by atoms with van der Waals surface area (Å²) in [4.78, 5) is 0. The molecule has 4 nitrogen and oxygen atoms in total. The van der Waals surface area contributed by atoms with Crippen molar-refractivity contribution in [2.45, 2.75) is 39.2 Å². The van der Waals surface area contributed by atoms with Crippen LogP contribution in [0.25, 0.3) is 0 Å². The third kappa shape index (κ3) is 7.28. The van der Waals surface area contributed by atoms with E-state index in [0.29, 0.717) is 19.8 Å². The first-order valence-electron chi connectivity index (χ1n) is 6.69. The highest BCUT2D eigenvalue weighted by Gasteiger charge is 2.05. The highest BCUT2D eigenvalue weighted by Crippen LogP contribution is 2.06. The number of aliphatic hydroxyl groups is 1. The van der Waals surface area contributed by atoms with Gasteiger partial charge in [-0.25, -0.2) is 0 Å². The van der Waals surface area contributed by atoms with Crippen LogP contribution in [0, 0.1) is 0 Å². The molecule has 0 aliphatic carbocycles. The fourth-order valence-corrected chi connectivity index (χ4v) is 1.74. The number of ether oxygens (including phenoxy) is 2. The zero-order valence-electron chi connectivity index (χ0n) is 12.1. The standard InChI is InChI=1S/C15H25NO3/c1-12(2)19-11-15(17)9-16-8-13-5-4-6-14(7-13)10-18-3/h4-7,12,15-17H,8-11H2,1-3H3. The minimum absolute atomic E-state index is 0.153. The zero-order valence-corrected chi connectivity index (χ0v) is 12.1. The molecule has 4 heteroatoms. The second kappa shape index (κ2) is 9.04. The normalized spacial score (nSPS) is 12.9. The molecule has 1 aromatic rings. The van der Waals surface area contributed by atoms with Crippen LogP contribution in [0.15, 0.2) is 24.3 Å². The second-order valence-corrected chi connectivity index (χ2v) is 4.92. The van der Waals surface area contributed by atoms with Crippen molar-refractivity contribution in [3.8, 4) is 0 Å². The second-order valence-electron chi connectivity index (χ2n) is 4.92. The van der Waals surface area contributed by atoms with Gasteiger partial charge in [-0.15, -0.1) is 0 Å². The maximum atomic E-state index is 9.71. The van der Waals surface area contributed by atoms with Gasteiger partial charge in [0, 0.05) is 20.2 Å². The van der Waals surface area contributed by atoms with Gasteiger partial charge in [0.1, 0.15) is 0 Å². The maximum absolute atomic E-state index is 9.71. The molecular weight excluding hydrogens is 242 g/mol. The molecule has 0 radical (unpaired) electrons. The van der Waals surface area contributed by atoms with Crippen molar-refractivity contribution >= 4 is 0 Å². The SMILES string of the molecule is COCc1cccc(CNCC(O)COC(C)C)c1. The summed E-state index contributed by atoms with van der Waals surface area (Å²) in [5.41, 5.74) is 2.34. The zero-order chi connectivity index (χ0) is 14.1. The Morgan fingerprint density at radius 2 is 2.00 bits per heavy atom. The predicted molar refractivity (Wildman–Crippen MR) is 76.0 cm³/mol. The third-order valence-corrected chi connectivity index (χ3v) is 2.63. The van der Waals surface area contributed by atoms with E-state index in [1.807, 2.05) is 26.0 Å². The van der Waals surface area contributed by atoms with Crippen LogP contribution in [0.2, 0.25) is 0 Å². The van der Waals surface area contributed by atoms with Gasteiger partial charge in [0.2, 0.25) is 0 Å². The van der Waals surface area contributed by atoms with Crippen LogP contribution in [0.1, 0.15) is 25.0 Å². The number of hydrogen-bond donors (Lipinski definition) is 2. The Morgan fingerprint density at radius 1 is 1.26 bits per heavy atom. The van der Waals surface area contributed by atoms with Crippen LogP contribution in [0.5, 0.6) is 0 Å². The Balaban J connectivity index is 2.26. The monoisotopic (exact) mass is 267 g/mol. The predicted octanol–water partition coefficient (Wildman–Crippen LogP) is 1.71. The van der Waals surface area contributed by atoms with Crippen LogP contribution < -0.4 is 5.32 Å². The lowest BCUT2D eigenvalue weighted by molar-refractivity contribution is 0.00630. The molecule has 108 valence electrons. The fourth-order valence-electron chi connectivity index (χ4n) is 1.74. The van der Waals surface area contributed by atoms with Gasteiger partial charge >= 0.3 is 0 Å². The molecule has 0 spiro atoms. The summed E-state index contributed by atoms with van der Waals surface area (Å²) in [6.45, 7) is 6.17. The number of rotatable bonds is 9. The highest BCUT2D eigenvalue weighted by atomic mass is 16.5. The number of benzene rings is 1. The van der Waals surface area contributed by atoms with Gasteiger partial charge in [-0.3, -0.25) is 0 Å². The van der Waals surface area contributed by atoms with E-state index in [2.05, 4.69) is 17.4 Å². The maximum Gasteiger partial charge on any atom is 0.0897 e. The smallest absolute Gasteiger partial charge is 0.0897 e. The summed E-state index contributed by atoms with van der Waals surface area (Å²) in [6, 6.07) is 8.22. The molecule has 1 unspecified atom stereocenters. The Bertz CT molecular complexity index is 355. The van der Waals surface area contributed by atoms with E-state index in [-0.39, 0.29) is 6.10 Å². The van der Waals surface area contributed by atoms with Crippen molar-refractivity contribution in [1.82, 2.24) is 5.32 Å². The molecule has 19 heavy (non-hydrogen) atoms. The topological polar surface area (TPSA) is 50.7 Å². The molecular formula is C15H25NO3. The highest BCUT2D eigenvalue weighted by molar-refractivity contribution is 5.22. The van der Waals surface area contributed by atoms with Gasteiger partial charge in [0.25, 0.3) is 0 Å². The van der Waals surface area contributed by atoms with Crippen molar-refractivity contribution < 1.29 is 14.6 Å². The lowest BCUT2D eigenvalue weighted by atomic mass is 10.1. The van der Waals surface area contributed by atoms with E-state index in [0.717, 1.165) is 12.1 Å². The molecule has 0 saturated carbocycles. The molecule has 0 bridgehead atoms. The molecule has 0 aliphatic heterocycles. The minimum atomic E-state index is -0.468. The summed E-state index contributed by atoms with van der Waals surface area (Å²) in [7, 11) is 1.69. The lowest BCUT2D eigenvalue weighted by Gasteiger charge is -2.14. The quantitative estimate of drug-likeness (QED) is 0.715. The first kappa shape index (κ1) is 16.1. The molecule has 1 aromatic carbocycles. The first-order valence-corrected chi connectivity index (χ1v) is 6.69. The Kier molecular flexibility index (Phi) is 7.67. The number of methoxy groups -OCH3 is 1. The van der Waals surface area contributed by atoms with Gasteiger partial charge in [0.15, 0.2) is 0 Å². The third-order valence-electron chi connectivity index (χ3n) is 2.63. The van der Waals surface area contributed by atoms with Crippen LogP contribution in [0.4, 0.5) is 0 Å². The van der Waals surface area contributed by atoms with E-state index in [1.54, 1.807) is 7.11 Å². The number of aliphatic hydroxyl groups excluding tert-OH is 1. The van der Waals surface area contributed by atoms with Crippen LogP contribution in [-0.2, 0) is 22.6 Å². The van der Waals surface area contributed by atoms with Crippen molar-refractivity contribution in [3.63, 3.8) is 0 Å². The van der Waals surface area contributed by atoms with E-state index < -0.39 is 6.10 Å². The average molecular weight is 267 g/mol. The van der Waals surface area contributed by atoms with Crippen molar-refractivity contribution in [2.24, 2.45) is 0 Å². The van der Waals surface area contributed by atoms with Crippen molar-refractivity contribution in [3.05, 3.63) is 35.4 Å². The van der Waals surface area contributed by atoms with E-state index in [4.69, 9.17) is 9.47 Å². The Labute approximate surface area is 115 Å². The van der Waals surface area contributed by atoms with Crippen LogP contribution in [-0.4, -0.2) is 37.6 Å². The molecule has 0 saturated heterocycles. The fraction of sp³-hybridized carbons (Fsp3) is 0.600. The lowest BCUT2D eigenvalue weighted by Crippen LogP contribution is -2.31. The van der Waals surface area contributed by atoms with Gasteiger partial charge in [-0.2, -0.15) is 0 Å². The largest absolute Gasteiger partial charge is 0.389 e. The van der Waals surface area contributed by atoms with Crippen LogP contribution in [0.3, 0.4) is 0 Å². The molecule has 0 aromatic heterocycles. The molecule has 0 fully saturated rings. The van der Waals surface area contributed by atoms with Crippen molar-refractivity contribution in [2.75, 3.05) is 20.3 Å². The summed E-state index contributed by atoms with van der Waals surface area (Å²) in [6.07, 6.45) is -0.315. The first-order chi connectivity index (χ1) is 9.11. The van der Waals surface area contributed by atoms with Gasteiger partial charge in [-0.1, -0.05) is 24.3 Å². The van der Waals surface area contributed by atoms with Gasteiger partial charge in [0.05, 0.1) is 25.4 Å². The van der Waals surface area contributed by atoms with Gasteiger partial charge < -0.3 is 19.9 Å². The molecule has 2 N–H and O–H groups in total. The average Bonchev–Trinajstić information content (AvgIpc) is 2.37. The molecule has 1 atom stereocenters. The summed E-state index contributed by atoms with van der Waals surface area (Å²) in [5, 5.41) is 12.9. The minimum Gasteiger partial charge on any atom is -0.389 e. The Hall–Kier alpha value is -0.940. The van der Waals surface area contributed by atoms with Gasteiger partial charge in [-0.05, 0) is 25.0 Å². The van der Waals surface area contributed by atoms with E-state index in [1.165, 1.54) is 5.56 Å². The van der Waals surface area contributed by atoms with Crippen LogP contribution >= 0.6 is 0 Å². The molecule has 0 heterocycles. The molecule has 0 amide bonds. The Morgan fingerprint density at radius 3 is 2.68 bits per heavy atom. The number of hydrogen-bond acceptors (Lipinski definition) is 4. The van der Waals surface area contributed by atoms with E-state index in [9.17, 15) is 5.11 Å². The summed E-state index contributed by atoms with van der Waals surface area (Å²) >= 11 is 0. The molecule has 1 rings (SSSR count). The van der Waals surface area contributed by atoms with Crippen molar-refractivity contribution in [1.29, 1.82) is 0 Å². The molecule has 0 aliphatic rings. The summed E-state index contributed by atoms with van der Waals surface area (Å²) < 4.78 is 10.5. The summed E-state index contributed by atoms with van der Waals surface area (Å²) in [5.74, 6) is 0.